The summed E-state index contributed by atoms with van der Waals surface area (Å²) < 4.78 is 0. The van der Waals surface area contributed by atoms with E-state index in [9.17, 15) is 4.79 Å². The Hall–Kier alpha value is -1.58. The van der Waals surface area contributed by atoms with Gasteiger partial charge in [-0.1, -0.05) is 19.8 Å². The average molecular weight is 275 g/mol. The fourth-order valence-corrected chi connectivity index (χ4v) is 2.42. The first-order valence-corrected chi connectivity index (χ1v) is 7.65. The van der Waals surface area contributed by atoms with Crippen LogP contribution in [-0.4, -0.2) is 23.5 Å². The highest BCUT2D eigenvalue weighted by atomic mass is 16.1. The van der Waals surface area contributed by atoms with E-state index in [2.05, 4.69) is 22.5 Å². The number of aryl methyl sites for hydroxylation is 1. The van der Waals surface area contributed by atoms with Crippen LogP contribution in [0.3, 0.4) is 0 Å². The molecule has 20 heavy (non-hydrogen) atoms. The van der Waals surface area contributed by atoms with Gasteiger partial charge in [-0.3, -0.25) is 9.78 Å². The van der Waals surface area contributed by atoms with Crippen LogP contribution in [0, 0.1) is 12.8 Å². The average Bonchev–Trinajstić information content (AvgIpc) is 3.22. The molecule has 0 aliphatic heterocycles. The van der Waals surface area contributed by atoms with Crippen molar-refractivity contribution in [3.63, 3.8) is 0 Å². The number of nitrogens with zero attached hydrogens (tertiary/aromatic N) is 1. The van der Waals surface area contributed by atoms with Gasteiger partial charge in [-0.2, -0.15) is 0 Å². The van der Waals surface area contributed by atoms with Gasteiger partial charge in [0.25, 0.3) is 5.91 Å². The van der Waals surface area contributed by atoms with E-state index in [-0.39, 0.29) is 11.9 Å². The topological polar surface area (TPSA) is 54.0 Å². The van der Waals surface area contributed by atoms with Crippen molar-refractivity contribution in [1.82, 2.24) is 10.3 Å². The molecule has 1 atom stereocenters. The van der Waals surface area contributed by atoms with Gasteiger partial charge in [0.2, 0.25) is 0 Å². The molecule has 0 bridgehead atoms. The van der Waals surface area contributed by atoms with Gasteiger partial charge in [-0.05, 0) is 38.7 Å². The van der Waals surface area contributed by atoms with Crippen LogP contribution in [0.1, 0.15) is 55.6 Å². The van der Waals surface area contributed by atoms with Crippen molar-refractivity contribution in [3.05, 3.63) is 23.5 Å². The lowest BCUT2D eigenvalue weighted by atomic mass is 10.1. The lowest BCUT2D eigenvalue weighted by Crippen LogP contribution is -2.35. The minimum atomic E-state index is -0.0130. The summed E-state index contributed by atoms with van der Waals surface area (Å²) in [5.41, 5.74) is 2.44. The Morgan fingerprint density at radius 2 is 2.20 bits per heavy atom. The molecule has 110 valence electrons. The van der Waals surface area contributed by atoms with Gasteiger partial charge in [0, 0.05) is 24.5 Å². The maximum atomic E-state index is 12.4. The summed E-state index contributed by atoms with van der Waals surface area (Å²) in [4.78, 5) is 16.7. The summed E-state index contributed by atoms with van der Waals surface area (Å²) >= 11 is 0. The van der Waals surface area contributed by atoms with Crippen LogP contribution >= 0.6 is 0 Å². The predicted octanol–water partition coefficient (Wildman–Crippen LogP) is 3.13. The SMILES string of the molecule is CCNc1cc(C)ncc1C(=O)NC(CC)CC1CC1. The van der Waals surface area contributed by atoms with Crippen LogP contribution in [0.25, 0.3) is 0 Å². The van der Waals surface area contributed by atoms with Crippen LogP contribution in [0.2, 0.25) is 0 Å². The molecule has 2 rings (SSSR count). The van der Waals surface area contributed by atoms with Gasteiger partial charge in [0.1, 0.15) is 0 Å². The molecule has 4 heteroatoms. The number of rotatable bonds is 7. The Kier molecular flexibility index (Phi) is 4.99. The summed E-state index contributed by atoms with van der Waals surface area (Å²) in [5, 5.41) is 6.40. The van der Waals surface area contributed by atoms with Crippen molar-refractivity contribution < 1.29 is 4.79 Å². The molecule has 0 saturated heterocycles. The lowest BCUT2D eigenvalue weighted by molar-refractivity contribution is 0.0933. The Labute approximate surface area is 121 Å². The van der Waals surface area contributed by atoms with Crippen LogP contribution in [0.15, 0.2) is 12.3 Å². The van der Waals surface area contributed by atoms with Crippen molar-refractivity contribution in [3.8, 4) is 0 Å². The number of aromatic nitrogens is 1. The number of nitrogens with one attached hydrogen (secondary N) is 2. The van der Waals surface area contributed by atoms with E-state index in [1.165, 1.54) is 12.8 Å². The second-order valence-corrected chi connectivity index (χ2v) is 5.66. The second kappa shape index (κ2) is 6.73. The first-order valence-electron chi connectivity index (χ1n) is 7.65. The normalized spacial score (nSPS) is 15.8. The van der Waals surface area contributed by atoms with Gasteiger partial charge >= 0.3 is 0 Å². The molecule has 1 aromatic heterocycles. The van der Waals surface area contributed by atoms with Crippen molar-refractivity contribution in [1.29, 1.82) is 0 Å². The summed E-state index contributed by atoms with van der Waals surface area (Å²) in [5.74, 6) is 0.811. The maximum Gasteiger partial charge on any atom is 0.255 e. The minimum absolute atomic E-state index is 0.0130. The predicted molar refractivity (Wildman–Crippen MR) is 82.0 cm³/mol. The van der Waals surface area contributed by atoms with Gasteiger partial charge in [-0.15, -0.1) is 0 Å². The number of hydrogen-bond donors (Lipinski definition) is 2. The van der Waals surface area contributed by atoms with E-state index >= 15 is 0 Å². The Morgan fingerprint density at radius 1 is 1.45 bits per heavy atom. The van der Waals surface area contributed by atoms with E-state index in [0.717, 1.165) is 36.7 Å². The van der Waals surface area contributed by atoms with Crippen LogP contribution in [0.4, 0.5) is 5.69 Å². The number of pyridine rings is 1. The number of hydrogen-bond acceptors (Lipinski definition) is 3. The van der Waals surface area contributed by atoms with E-state index < -0.39 is 0 Å². The van der Waals surface area contributed by atoms with Gasteiger partial charge < -0.3 is 10.6 Å². The molecular weight excluding hydrogens is 250 g/mol. The van der Waals surface area contributed by atoms with Crippen molar-refractivity contribution in [2.24, 2.45) is 5.92 Å². The fourth-order valence-electron chi connectivity index (χ4n) is 2.42. The highest BCUT2D eigenvalue weighted by Gasteiger charge is 2.26. The Balaban J connectivity index is 2.06. The summed E-state index contributed by atoms with van der Waals surface area (Å²) in [6.45, 7) is 6.89. The van der Waals surface area contributed by atoms with E-state index in [4.69, 9.17) is 0 Å². The van der Waals surface area contributed by atoms with Crippen molar-refractivity contribution >= 4 is 11.6 Å². The molecule has 4 nitrogen and oxygen atoms in total. The molecule has 1 aliphatic carbocycles. The number of anilines is 1. The molecule has 1 unspecified atom stereocenters. The molecule has 1 aromatic rings. The fraction of sp³-hybridized carbons (Fsp3) is 0.625. The first-order chi connectivity index (χ1) is 9.63. The highest BCUT2D eigenvalue weighted by Crippen LogP contribution is 2.34. The van der Waals surface area contributed by atoms with Crippen molar-refractivity contribution in [2.45, 2.75) is 52.5 Å². The van der Waals surface area contributed by atoms with E-state index in [0.29, 0.717) is 5.56 Å². The summed E-state index contributed by atoms with van der Waals surface area (Å²) in [7, 11) is 0. The first kappa shape index (κ1) is 14.8. The lowest BCUT2D eigenvalue weighted by Gasteiger charge is -2.18. The second-order valence-electron chi connectivity index (χ2n) is 5.66. The van der Waals surface area contributed by atoms with E-state index in [1.807, 2.05) is 19.9 Å². The molecule has 1 amide bonds. The molecule has 1 heterocycles. The Bertz CT molecular complexity index is 469. The number of amides is 1. The summed E-state index contributed by atoms with van der Waals surface area (Å²) in [6, 6.07) is 2.21. The Morgan fingerprint density at radius 3 is 2.80 bits per heavy atom. The van der Waals surface area contributed by atoms with Gasteiger partial charge in [-0.25, -0.2) is 0 Å². The molecular formula is C16H25N3O. The third kappa shape index (κ3) is 3.95. The molecule has 0 aromatic carbocycles. The van der Waals surface area contributed by atoms with E-state index in [1.54, 1.807) is 6.20 Å². The van der Waals surface area contributed by atoms with Crippen LogP contribution in [0.5, 0.6) is 0 Å². The monoisotopic (exact) mass is 275 g/mol. The molecule has 0 spiro atoms. The van der Waals surface area contributed by atoms with Crippen LogP contribution in [-0.2, 0) is 0 Å². The smallest absolute Gasteiger partial charge is 0.255 e. The summed E-state index contributed by atoms with van der Waals surface area (Å²) in [6.07, 6.45) is 6.41. The molecule has 1 fully saturated rings. The van der Waals surface area contributed by atoms with Gasteiger partial charge in [0.05, 0.1) is 11.3 Å². The van der Waals surface area contributed by atoms with Gasteiger partial charge in [0.15, 0.2) is 0 Å². The number of carbonyl (C=O) groups is 1. The highest BCUT2D eigenvalue weighted by molar-refractivity contribution is 5.99. The standard InChI is InChI=1S/C16H25N3O/c1-4-13(9-12-6-7-12)19-16(20)14-10-18-11(3)8-15(14)17-5-2/h8,10,12-13H,4-7,9H2,1-3H3,(H,17,18)(H,19,20). The molecule has 1 aliphatic rings. The largest absolute Gasteiger partial charge is 0.385 e. The zero-order chi connectivity index (χ0) is 14.5. The maximum absolute atomic E-state index is 12.4. The van der Waals surface area contributed by atoms with Crippen LogP contribution < -0.4 is 10.6 Å². The zero-order valence-corrected chi connectivity index (χ0v) is 12.7. The molecule has 2 N–H and O–H groups in total. The quantitative estimate of drug-likeness (QED) is 0.804. The minimum Gasteiger partial charge on any atom is -0.385 e. The molecule has 0 radical (unpaired) electrons. The zero-order valence-electron chi connectivity index (χ0n) is 12.7. The number of carbonyl (C=O) groups excluding carboxylic acids is 1. The third-order valence-corrected chi connectivity index (χ3v) is 3.80. The third-order valence-electron chi connectivity index (χ3n) is 3.80. The van der Waals surface area contributed by atoms with Crippen molar-refractivity contribution in [2.75, 3.05) is 11.9 Å². The molecule has 1 saturated carbocycles.